The minimum absolute atomic E-state index is 0.114. The molecule has 9 heteroatoms. The van der Waals surface area contributed by atoms with Gasteiger partial charge in [-0.3, -0.25) is 18.7 Å². The summed E-state index contributed by atoms with van der Waals surface area (Å²) in [5.74, 6) is 2.12. The highest BCUT2D eigenvalue weighted by molar-refractivity contribution is 7.99. The van der Waals surface area contributed by atoms with E-state index in [4.69, 9.17) is 0 Å². The lowest BCUT2D eigenvalue weighted by Gasteiger charge is -2.23. The largest absolute Gasteiger partial charge is 0.494 e. The number of fused-ring (bicyclic) bond motifs is 2. The first-order chi connectivity index (χ1) is 17.3. The molecule has 4 aliphatic rings. The molecular formula is C27H34N2O5S2. The number of aliphatic hydroxyl groups excluding tert-OH is 1. The minimum Gasteiger partial charge on any atom is -0.494 e. The van der Waals surface area contributed by atoms with Gasteiger partial charge in [0, 0.05) is 44.6 Å². The Morgan fingerprint density at radius 3 is 1.58 bits per heavy atom. The molecule has 2 saturated carbocycles. The van der Waals surface area contributed by atoms with Crippen LogP contribution in [0.4, 0.5) is 0 Å². The summed E-state index contributed by atoms with van der Waals surface area (Å²) in [5.41, 5.74) is 0.992. The maximum atomic E-state index is 12.7. The number of nitrogens with zero attached hydrogens (tertiary/aromatic N) is 2. The molecule has 6 rings (SSSR count). The van der Waals surface area contributed by atoms with Crippen molar-refractivity contribution in [3.05, 3.63) is 44.0 Å². The van der Waals surface area contributed by atoms with Crippen LogP contribution in [0.3, 0.4) is 0 Å². The van der Waals surface area contributed by atoms with Crippen LogP contribution in [0.2, 0.25) is 0 Å². The summed E-state index contributed by atoms with van der Waals surface area (Å²) in [6.07, 6.45) is 9.22. The van der Waals surface area contributed by atoms with Crippen LogP contribution in [0.25, 0.3) is 0 Å². The molecule has 2 aromatic rings. The molecule has 194 valence electrons. The third-order valence-corrected chi connectivity index (χ3v) is 10.9. The van der Waals surface area contributed by atoms with Gasteiger partial charge in [-0.05, 0) is 77.0 Å². The SMILES string of the molecule is O=c1cc2c(c(O)n1C1(CCCC(O)CCCC3(n4c(O)c5c(cc4=O)SCC5)CC3)CC1)CCS2. The van der Waals surface area contributed by atoms with Gasteiger partial charge in [0.2, 0.25) is 0 Å². The van der Waals surface area contributed by atoms with Crippen LogP contribution < -0.4 is 11.1 Å². The van der Waals surface area contributed by atoms with E-state index in [9.17, 15) is 24.9 Å². The number of aliphatic hydroxyl groups is 1. The quantitative estimate of drug-likeness (QED) is 0.425. The van der Waals surface area contributed by atoms with Crippen molar-refractivity contribution in [3.8, 4) is 11.8 Å². The van der Waals surface area contributed by atoms with Gasteiger partial charge in [-0.2, -0.15) is 0 Å². The number of aromatic hydroxyl groups is 2. The number of hydrogen-bond donors (Lipinski definition) is 3. The van der Waals surface area contributed by atoms with Crippen LogP contribution in [0.5, 0.6) is 11.8 Å². The van der Waals surface area contributed by atoms with Gasteiger partial charge in [0.25, 0.3) is 11.1 Å². The Hall–Kier alpha value is -1.84. The first kappa shape index (κ1) is 24.5. The van der Waals surface area contributed by atoms with Crippen LogP contribution in [0.15, 0.2) is 31.5 Å². The molecule has 36 heavy (non-hydrogen) atoms. The zero-order valence-electron chi connectivity index (χ0n) is 20.5. The molecule has 0 radical (unpaired) electrons. The van der Waals surface area contributed by atoms with Gasteiger partial charge < -0.3 is 15.3 Å². The lowest BCUT2D eigenvalue weighted by Crippen LogP contribution is -2.31. The number of rotatable bonds is 10. The van der Waals surface area contributed by atoms with Crippen molar-refractivity contribution in [2.75, 3.05) is 11.5 Å². The molecular weight excluding hydrogens is 496 g/mol. The summed E-state index contributed by atoms with van der Waals surface area (Å²) < 4.78 is 3.25. The van der Waals surface area contributed by atoms with Gasteiger partial charge in [-0.25, -0.2) is 0 Å². The fraction of sp³-hybridized carbons (Fsp3) is 0.630. The van der Waals surface area contributed by atoms with Gasteiger partial charge in [-0.1, -0.05) is 0 Å². The second-order valence-electron chi connectivity index (χ2n) is 11.1. The Morgan fingerprint density at radius 1 is 0.778 bits per heavy atom. The van der Waals surface area contributed by atoms with E-state index in [0.717, 1.165) is 96.6 Å². The summed E-state index contributed by atoms with van der Waals surface area (Å²) >= 11 is 3.27. The van der Waals surface area contributed by atoms with Crippen molar-refractivity contribution in [2.45, 2.75) is 104 Å². The van der Waals surface area contributed by atoms with E-state index in [0.29, 0.717) is 12.8 Å². The van der Waals surface area contributed by atoms with E-state index in [1.165, 1.54) is 0 Å². The summed E-state index contributed by atoms with van der Waals surface area (Å²) in [7, 11) is 0. The molecule has 0 spiro atoms. The number of pyridine rings is 2. The van der Waals surface area contributed by atoms with Crippen LogP contribution >= 0.6 is 23.5 Å². The highest BCUT2D eigenvalue weighted by Gasteiger charge is 2.48. The maximum absolute atomic E-state index is 12.7. The van der Waals surface area contributed by atoms with Crippen LogP contribution in [0, 0.1) is 0 Å². The molecule has 2 fully saturated rings. The van der Waals surface area contributed by atoms with Gasteiger partial charge in [0.1, 0.15) is 0 Å². The summed E-state index contributed by atoms with van der Waals surface area (Å²) in [5, 5.41) is 32.3. The van der Waals surface area contributed by atoms with Gasteiger partial charge in [0.15, 0.2) is 11.8 Å². The molecule has 3 N–H and O–H groups in total. The zero-order valence-corrected chi connectivity index (χ0v) is 22.1. The molecule has 0 amide bonds. The Balaban J connectivity index is 1.03. The van der Waals surface area contributed by atoms with Crippen LogP contribution in [-0.2, 0) is 23.9 Å². The molecule has 2 aliphatic carbocycles. The maximum Gasteiger partial charge on any atom is 0.254 e. The van der Waals surface area contributed by atoms with Crippen LogP contribution in [0.1, 0.15) is 75.3 Å². The van der Waals surface area contributed by atoms with Gasteiger partial charge in [-0.15, -0.1) is 23.5 Å². The number of aromatic nitrogens is 2. The topological polar surface area (TPSA) is 105 Å². The lowest BCUT2D eigenvalue weighted by molar-refractivity contribution is 0.141. The highest BCUT2D eigenvalue weighted by atomic mass is 32.2. The monoisotopic (exact) mass is 530 g/mol. The predicted octanol–water partition coefficient (Wildman–Crippen LogP) is 4.10. The van der Waals surface area contributed by atoms with Crippen molar-refractivity contribution in [2.24, 2.45) is 0 Å². The van der Waals surface area contributed by atoms with E-state index in [1.54, 1.807) is 44.8 Å². The molecule has 7 nitrogen and oxygen atoms in total. The third kappa shape index (κ3) is 4.21. The summed E-state index contributed by atoms with van der Waals surface area (Å²) in [6.45, 7) is 0. The van der Waals surface area contributed by atoms with Crippen LogP contribution in [-0.4, -0.2) is 42.1 Å². The van der Waals surface area contributed by atoms with Crippen molar-refractivity contribution in [3.63, 3.8) is 0 Å². The molecule has 0 unspecified atom stereocenters. The summed E-state index contributed by atoms with van der Waals surface area (Å²) in [6, 6.07) is 3.36. The van der Waals surface area contributed by atoms with E-state index in [1.807, 2.05) is 0 Å². The fourth-order valence-electron chi connectivity index (χ4n) is 6.33. The normalized spacial score (nSPS) is 20.5. The minimum atomic E-state index is -0.430. The third-order valence-electron chi connectivity index (χ3n) is 8.69. The number of hydrogen-bond acceptors (Lipinski definition) is 7. The average Bonchev–Trinajstić information content (AvgIpc) is 3.66. The molecule has 2 aromatic heterocycles. The zero-order chi connectivity index (χ0) is 25.1. The van der Waals surface area contributed by atoms with Crippen molar-refractivity contribution < 1.29 is 15.3 Å². The Kier molecular flexibility index (Phi) is 6.24. The van der Waals surface area contributed by atoms with Gasteiger partial charge >= 0.3 is 0 Å². The van der Waals surface area contributed by atoms with Crippen molar-refractivity contribution in [1.29, 1.82) is 0 Å². The first-order valence-corrected chi connectivity index (χ1v) is 15.2. The van der Waals surface area contributed by atoms with E-state index in [-0.39, 0.29) is 34.0 Å². The lowest BCUT2D eigenvalue weighted by atomic mass is 9.99. The molecule has 0 aromatic carbocycles. The highest BCUT2D eigenvalue weighted by Crippen LogP contribution is 2.51. The number of thioether (sulfide) groups is 2. The second-order valence-corrected chi connectivity index (χ2v) is 13.3. The Morgan fingerprint density at radius 2 is 1.19 bits per heavy atom. The second kappa shape index (κ2) is 9.17. The van der Waals surface area contributed by atoms with E-state index < -0.39 is 6.10 Å². The average molecular weight is 531 g/mol. The smallest absolute Gasteiger partial charge is 0.254 e. The van der Waals surface area contributed by atoms with Crippen molar-refractivity contribution >= 4 is 23.5 Å². The molecule has 0 saturated heterocycles. The molecule has 4 heterocycles. The standard InChI is InChI=1S/C27H34N2O5S2/c30-17(3-1-7-26(9-10-26)28-22(31)15-20-18(24(28)33)5-13-35-20)4-2-8-27(11-12-27)29-23(32)16-21-19(25(29)34)6-14-36-21/h15-17,30,33-34H,1-14H2. The Bertz CT molecular complexity index is 1210. The molecule has 2 aliphatic heterocycles. The first-order valence-electron chi connectivity index (χ1n) is 13.2. The molecule has 0 bridgehead atoms. The predicted molar refractivity (Wildman–Crippen MR) is 142 cm³/mol. The van der Waals surface area contributed by atoms with Gasteiger partial charge in [0.05, 0.1) is 17.2 Å². The molecule has 0 atom stereocenters. The summed E-state index contributed by atoms with van der Waals surface area (Å²) in [4.78, 5) is 27.3. The van der Waals surface area contributed by atoms with E-state index >= 15 is 0 Å². The van der Waals surface area contributed by atoms with E-state index in [2.05, 4.69) is 0 Å². The fourth-order valence-corrected chi connectivity index (χ4v) is 8.49. The Labute approximate surface area is 218 Å². The van der Waals surface area contributed by atoms with Crippen molar-refractivity contribution in [1.82, 2.24) is 9.13 Å².